The van der Waals surface area contributed by atoms with Crippen LogP contribution >= 0.6 is 0 Å². The Balaban J connectivity index is 1.35. The fraction of sp³-hybridized carbons (Fsp3) is 0.722. The maximum Gasteiger partial charge on any atom is 0.244 e. The topological polar surface area (TPSA) is 80.0 Å². The van der Waals surface area contributed by atoms with E-state index in [1.165, 1.54) is 12.0 Å². The third-order valence-corrected chi connectivity index (χ3v) is 5.94. The Morgan fingerprint density at radius 1 is 1.33 bits per heavy atom. The predicted molar refractivity (Wildman–Crippen MR) is 89.0 cm³/mol. The van der Waals surface area contributed by atoms with Crippen molar-refractivity contribution < 1.29 is 9.90 Å². The Kier molecular flexibility index (Phi) is 4.16. The highest BCUT2D eigenvalue weighted by atomic mass is 16.3. The zero-order valence-electron chi connectivity index (χ0n) is 14.1. The van der Waals surface area contributed by atoms with Crippen LogP contribution in [0, 0.1) is 5.92 Å². The summed E-state index contributed by atoms with van der Waals surface area (Å²) in [5, 5.41) is 21.9. The number of nitrogens with one attached hydrogen (secondary N) is 1. The summed E-state index contributed by atoms with van der Waals surface area (Å²) in [6.07, 6.45) is 12.9. The molecule has 1 heterocycles. The summed E-state index contributed by atoms with van der Waals surface area (Å²) in [4.78, 5) is 12.1. The lowest BCUT2D eigenvalue weighted by Gasteiger charge is -2.34. The Bertz CT molecular complexity index is 641. The Morgan fingerprint density at radius 3 is 2.83 bits per heavy atom. The monoisotopic (exact) mass is 330 g/mol. The average Bonchev–Trinajstić information content (AvgIpc) is 3.11. The molecule has 0 aliphatic heterocycles. The zero-order valence-corrected chi connectivity index (χ0v) is 14.1. The summed E-state index contributed by atoms with van der Waals surface area (Å²) >= 11 is 0. The van der Waals surface area contributed by atoms with Crippen molar-refractivity contribution >= 4 is 5.91 Å². The lowest BCUT2D eigenvalue weighted by atomic mass is 9.78. The molecule has 0 aromatic carbocycles. The molecule has 130 valence electrons. The second-order valence-electron chi connectivity index (χ2n) is 7.67. The van der Waals surface area contributed by atoms with Crippen LogP contribution in [-0.4, -0.2) is 32.0 Å². The second-order valence-corrected chi connectivity index (χ2v) is 7.67. The molecular formula is C18H26N4O2. The van der Waals surface area contributed by atoms with Crippen LogP contribution in [0.5, 0.6) is 0 Å². The highest BCUT2D eigenvalue weighted by Crippen LogP contribution is 2.39. The SMILES string of the molecule is O=C(C=C1CCC1)N[C@H]1CCC[C@H]1Cn1cc(C2(O)CCC2)nn1. The molecule has 0 saturated heterocycles. The van der Waals surface area contributed by atoms with Gasteiger partial charge in [-0.1, -0.05) is 17.2 Å². The van der Waals surface area contributed by atoms with Crippen molar-refractivity contribution in [3.63, 3.8) is 0 Å². The Labute approximate surface area is 142 Å². The minimum Gasteiger partial charge on any atom is -0.383 e. The molecule has 3 fully saturated rings. The normalized spacial score (nSPS) is 28.1. The van der Waals surface area contributed by atoms with Crippen LogP contribution in [0.15, 0.2) is 17.8 Å². The first-order chi connectivity index (χ1) is 11.6. The van der Waals surface area contributed by atoms with Crippen LogP contribution in [-0.2, 0) is 16.9 Å². The number of allylic oxidation sites excluding steroid dienone is 1. The average molecular weight is 330 g/mol. The van der Waals surface area contributed by atoms with Gasteiger partial charge in [-0.15, -0.1) is 5.10 Å². The lowest BCUT2D eigenvalue weighted by molar-refractivity contribution is -0.117. The number of hydrogen-bond acceptors (Lipinski definition) is 4. The van der Waals surface area contributed by atoms with E-state index in [1.54, 1.807) is 6.08 Å². The second kappa shape index (κ2) is 6.31. The molecule has 3 aliphatic carbocycles. The number of rotatable bonds is 5. The van der Waals surface area contributed by atoms with Gasteiger partial charge in [-0.3, -0.25) is 9.48 Å². The number of carbonyl (C=O) groups is 1. The van der Waals surface area contributed by atoms with E-state index >= 15 is 0 Å². The first kappa shape index (κ1) is 15.8. The molecule has 3 saturated carbocycles. The largest absolute Gasteiger partial charge is 0.383 e. The molecule has 1 amide bonds. The third-order valence-electron chi connectivity index (χ3n) is 5.94. The van der Waals surface area contributed by atoms with Gasteiger partial charge in [-0.05, 0) is 57.3 Å². The molecule has 6 nitrogen and oxygen atoms in total. The molecule has 4 rings (SSSR count). The molecule has 2 atom stereocenters. The van der Waals surface area contributed by atoms with Gasteiger partial charge in [0.2, 0.25) is 5.91 Å². The number of carbonyl (C=O) groups excluding carboxylic acids is 1. The van der Waals surface area contributed by atoms with E-state index in [1.807, 2.05) is 10.9 Å². The molecule has 1 aromatic heterocycles. The molecule has 0 bridgehead atoms. The molecule has 6 heteroatoms. The van der Waals surface area contributed by atoms with Crippen molar-refractivity contribution in [3.05, 3.63) is 23.5 Å². The van der Waals surface area contributed by atoms with Gasteiger partial charge >= 0.3 is 0 Å². The van der Waals surface area contributed by atoms with Crippen molar-refractivity contribution in [1.29, 1.82) is 0 Å². The number of nitrogens with zero attached hydrogens (tertiary/aromatic N) is 3. The fourth-order valence-corrected chi connectivity index (χ4v) is 3.99. The first-order valence-electron chi connectivity index (χ1n) is 9.25. The highest BCUT2D eigenvalue weighted by molar-refractivity contribution is 5.88. The molecule has 2 N–H and O–H groups in total. The van der Waals surface area contributed by atoms with Crippen LogP contribution in [0.3, 0.4) is 0 Å². The van der Waals surface area contributed by atoms with Gasteiger partial charge in [-0.25, -0.2) is 0 Å². The van der Waals surface area contributed by atoms with Gasteiger partial charge in [0.15, 0.2) is 0 Å². The summed E-state index contributed by atoms with van der Waals surface area (Å²) in [6.45, 7) is 0.755. The summed E-state index contributed by atoms with van der Waals surface area (Å²) in [6, 6.07) is 0.217. The van der Waals surface area contributed by atoms with Crippen molar-refractivity contribution in [3.8, 4) is 0 Å². The summed E-state index contributed by atoms with van der Waals surface area (Å²) in [7, 11) is 0. The van der Waals surface area contributed by atoms with Crippen molar-refractivity contribution in [2.24, 2.45) is 5.92 Å². The lowest BCUT2D eigenvalue weighted by Crippen LogP contribution is -2.38. The van der Waals surface area contributed by atoms with E-state index < -0.39 is 5.60 Å². The standard InChI is InChI=1S/C18H26N4O2/c23-17(10-13-4-1-5-13)19-15-7-2-6-14(15)11-22-12-16(20-21-22)18(24)8-3-9-18/h10,12,14-15,24H,1-9,11H2,(H,19,23)/t14-,15-/m0/s1. The number of aromatic nitrogens is 3. The molecule has 3 aliphatic rings. The number of amides is 1. The number of hydrogen-bond donors (Lipinski definition) is 2. The van der Waals surface area contributed by atoms with Gasteiger partial charge in [-0.2, -0.15) is 0 Å². The Morgan fingerprint density at radius 2 is 2.17 bits per heavy atom. The Hall–Kier alpha value is -1.69. The molecule has 24 heavy (non-hydrogen) atoms. The quantitative estimate of drug-likeness (QED) is 0.810. The van der Waals surface area contributed by atoms with Crippen LogP contribution in [0.25, 0.3) is 0 Å². The summed E-state index contributed by atoms with van der Waals surface area (Å²) in [5.74, 6) is 0.448. The molecule has 0 radical (unpaired) electrons. The van der Waals surface area contributed by atoms with Crippen LogP contribution < -0.4 is 5.32 Å². The minimum atomic E-state index is -0.753. The van der Waals surface area contributed by atoms with Gasteiger partial charge < -0.3 is 10.4 Å². The molecule has 1 aromatic rings. The number of aliphatic hydroxyl groups is 1. The predicted octanol–water partition coefficient (Wildman–Crippen LogP) is 2.04. The van der Waals surface area contributed by atoms with Crippen LogP contribution in [0.4, 0.5) is 0 Å². The molecule has 0 unspecified atom stereocenters. The van der Waals surface area contributed by atoms with E-state index in [4.69, 9.17) is 0 Å². The smallest absolute Gasteiger partial charge is 0.244 e. The molecule has 0 spiro atoms. The summed E-state index contributed by atoms with van der Waals surface area (Å²) in [5.41, 5.74) is 1.22. The molecular weight excluding hydrogens is 304 g/mol. The maximum absolute atomic E-state index is 12.1. The van der Waals surface area contributed by atoms with E-state index in [-0.39, 0.29) is 11.9 Å². The zero-order chi connectivity index (χ0) is 16.6. The van der Waals surface area contributed by atoms with Crippen molar-refractivity contribution in [1.82, 2.24) is 20.3 Å². The highest BCUT2D eigenvalue weighted by Gasteiger charge is 2.39. The van der Waals surface area contributed by atoms with E-state index in [9.17, 15) is 9.90 Å². The van der Waals surface area contributed by atoms with Crippen LogP contribution in [0.2, 0.25) is 0 Å². The summed E-state index contributed by atoms with van der Waals surface area (Å²) < 4.78 is 1.84. The van der Waals surface area contributed by atoms with Gasteiger partial charge in [0.1, 0.15) is 11.3 Å². The fourth-order valence-electron chi connectivity index (χ4n) is 3.99. The van der Waals surface area contributed by atoms with Gasteiger partial charge in [0.25, 0.3) is 0 Å². The van der Waals surface area contributed by atoms with Gasteiger partial charge in [0.05, 0.1) is 6.20 Å². The van der Waals surface area contributed by atoms with Crippen molar-refractivity contribution in [2.75, 3.05) is 0 Å². The van der Waals surface area contributed by atoms with E-state index in [0.29, 0.717) is 11.6 Å². The minimum absolute atomic E-state index is 0.0599. The van der Waals surface area contributed by atoms with Crippen molar-refractivity contribution in [2.45, 2.75) is 76.0 Å². The first-order valence-corrected chi connectivity index (χ1v) is 9.25. The maximum atomic E-state index is 12.1. The van der Waals surface area contributed by atoms with E-state index in [2.05, 4.69) is 15.6 Å². The van der Waals surface area contributed by atoms with Crippen LogP contribution in [0.1, 0.15) is 63.5 Å². The third kappa shape index (κ3) is 3.11. The van der Waals surface area contributed by atoms with Gasteiger partial charge in [0, 0.05) is 18.7 Å². The van der Waals surface area contributed by atoms with E-state index in [0.717, 1.165) is 57.9 Å².